The predicted molar refractivity (Wildman–Crippen MR) is 341 cm³/mol. The molecule has 0 aliphatic carbocycles. The molecule has 16 atom stereocenters. The molecule has 12 N–H and O–H groups in total. The molecule has 3 saturated heterocycles. The first-order valence-corrected chi connectivity index (χ1v) is 35.8. The molecule has 3 aliphatic heterocycles. The topological polar surface area (TPSA) is 404 Å². The van der Waals surface area contributed by atoms with E-state index in [1.165, 1.54) is 0 Å². The summed E-state index contributed by atoms with van der Waals surface area (Å²) in [6, 6.07) is 0. The highest BCUT2D eigenvalue weighted by Gasteiger charge is 2.45. The number of hydrogen-bond donors (Lipinski definition) is 12. The van der Waals surface area contributed by atoms with Crippen molar-refractivity contribution in [3.63, 3.8) is 0 Å². The van der Waals surface area contributed by atoms with E-state index in [9.17, 15) is 74.6 Å². The Morgan fingerprint density at radius 1 is 0.473 bits per heavy atom. The number of ether oxygens (including phenoxy) is 9. The number of carbonyl (C=O) groups excluding carboxylic acids is 4. The van der Waals surface area contributed by atoms with Crippen LogP contribution in [0.4, 0.5) is 0 Å². The Labute approximate surface area is 551 Å². The molecule has 0 aromatic heterocycles. The summed E-state index contributed by atoms with van der Waals surface area (Å²) in [5, 5.41) is 95.9. The van der Waals surface area contributed by atoms with Gasteiger partial charge in [0.25, 0.3) is 0 Å². The van der Waals surface area contributed by atoms with Crippen molar-refractivity contribution in [3.8, 4) is 0 Å². The third-order valence-electron chi connectivity index (χ3n) is 17.3. The van der Waals surface area contributed by atoms with Crippen LogP contribution in [0.25, 0.3) is 0 Å². The number of unbranched alkanes of at least 4 members (excludes halogenated alkanes) is 12. The lowest BCUT2D eigenvalue weighted by Crippen LogP contribution is -2.59. The molecule has 0 aromatic carbocycles. The summed E-state index contributed by atoms with van der Waals surface area (Å²) in [5.41, 5.74) is -1.57. The smallest absolute Gasteiger partial charge is 0.330 e. The van der Waals surface area contributed by atoms with E-state index in [4.69, 9.17) is 47.2 Å². The van der Waals surface area contributed by atoms with Gasteiger partial charge in [0.05, 0.1) is 96.5 Å². The number of hydrogen-bond acceptors (Lipinski definition) is 25. The van der Waals surface area contributed by atoms with Crippen LogP contribution in [-0.4, -0.2) is 252 Å². The van der Waals surface area contributed by atoms with Crippen LogP contribution in [0.1, 0.15) is 182 Å². The number of nitrogens with one attached hydrogen (secondary N) is 2. The molecule has 1 amide bonds. The number of rotatable bonds is 55. The molecule has 0 spiro atoms. The standard InChI is InChI=1S/C65H119N2O25P/c1-44(2)93(81,82)89-33-22-29-66-45(3)37-55(74)67-65(41-83-34-26-49(71)23-16-10-7-13-19-30-86-62-46(4)56(75)59(78)52(38-68)90-62,42-84-35-27-50(72)24-17-11-8-14-20-31-87-63-47(5)57(76)60(79)53(39-69)91-63)43-85-36-28-51(73)25-18-12-9-15-21-32-88-64-48(6)58(77)61(80)54(40-70)92-64/h44,46-48,52-54,56-64,66,68-70,75-80H,3,7-43H2,1-2,4-6H3,(H,67,74)(H,81,82)/t46?,47?,48?,52?,53?,54?,56-,57-,58-,59+,60+,61+,62-,63-,64-,65?/m1/s1. The molecule has 3 heterocycles. The summed E-state index contributed by atoms with van der Waals surface area (Å²) in [5.74, 6) is -1.94. The van der Waals surface area contributed by atoms with Crippen LogP contribution in [0.5, 0.6) is 0 Å². The van der Waals surface area contributed by atoms with Crippen LogP contribution in [-0.2, 0) is 70.9 Å². The van der Waals surface area contributed by atoms with Crippen molar-refractivity contribution in [2.45, 2.75) is 267 Å². The average molecular weight is 1360 g/mol. The molecular formula is C65H119N2O25P. The van der Waals surface area contributed by atoms with Gasteiger partial charge in [-0.25, -0.2) is 0 Å². The minimum Gasteiger partial charge on any atom is -0.394 e. The summed E-state index contributed by atoms with van der Waals surface area (Å²) in [6.45, 7) is 12.0. The van der Waals surface area contributed by atoms with Crippen molar-refractivity contribution < 1.29 is 122 Å². The summed E-state index contributed by atoms with van der Waals surface area (Å²) in [6.07, 6.45) is 1.12. The van der Waals surface area contributed by atoms with Crippen LogP contribution < -0.4 is 10.6 Å². The van der Waals surface area contributed by atoms with Crippen LogP contribution >= 0.6 is 7.60 Å². The van der Waals surface area contributed by atoms with E-state index in [1.54, 1.807) is 34.6 Å². The molecular weight excluding hydrogens is 1240 g/mol. The highest BCUT2D eigenvalue weighted by Crippen LogP contribution is 2.47. The van der Waals surface area contributed by atoms with Gasteiger partial charge < -0.3 is 109 Å². The maximum Gasteiger partial charge on any atom is 0.330 e. The highest BCUT2D eigenvalue weighted by molar-refractivity contribution is 7.53. The molecule has 544 valence electrons. The molecule has 0 saturated carbocycles. The number of amides is 1. The van der Waals surface area contributed by atoms with Crippen molar-refractivity contribution in [2.24, 2.45) is 17.8 Å². The number of ketones is 3. The van der Waals surface area contributed by atoms with E-state index in [1.807, 2.05) is 0 Å². The van der Waals surface area contributed by atoms with Gasteiger partial charge in [-0.1, -0.05) is 99.0 Å². The van der Waals surface area contributed by atoms with Gasteiger partial charge in [0, 0.05) is 88.3 Å². The molecule has 93 heavy (non-hydrogen) atoms. The molecule has 27 nitrogen and oxygen atoms in total. The third-order valence-corrected chi connectivity index (χ3v) is 19.2. The van der Waals surface area contributed by atoms with E-state index >= 15 is 0 Å². The Hall–Kier alpha value is -2.55. The fourth-order valence-electron chi connectivity index (χ4n) is 10.9. The first kappa shape index (κ1) is 84.7. The van der Waals surface area contributed by atoms with E-state index in [2.05, 4.69) is 17.2 Å². The third kappa shape index (κ3) is 32.8. The zero-order chi connectivity index (χ0) is 68.8. The molecule has 28 heteroatoms. The quantitative estimate of drug-likeness (QED) is 0.0306. The second-order valence-electron chi connectivity index (χ2n) is 25.8. The van der Waals surface area contributed by atoms with Gasteiger partial charge in [-0.05, 0) is 44.9 Å². The van der Waals surface area contributed by atoms with Gasteiger partial charge in [0.15, 0.2) is 18.9 Å². The molecule has 0 aromatic rings. The first-order chi connectivity index (χ1) is 44.4. The fourth-order valence-corrected chi connectivity index (χ4v) is 11.6. The van der Waals surface area contributed by atoms with E-state index in [-0.39, 0.29) is 89.3 Å². The normalized spacial score (nSPS) is 28.0. The lowest BCUT2D eigenvalue weighted by atomic mass is 9.92. The highest BCUT2D eigenvalue weighted by atomic mass is 31.2. The molecule has 3 aliphatic rings. The lowest BCUT2D eigenvalue weighted by Gasteiger charge is -2.40. The maximum absolute atomic E-state index is 13.9. The Kier molecular flexibility index (Phi) is 43.2. The van der Waals surface area contributed by atoms with E-state index < -0.39 is 136 Å². The molecule has 0 bridgehead atoms. The van der Waals surface area contributed by atoms with Crippen molar-refractivity contribution >= 4 is 30.9 Å². The minimum absolute atomic E-state index is 0.00633. The van der Waals surface area contributed by atoms with Gasteiger partial charge in [-0.2, -0.15) is 0 Å². The van der Waals surface area contributed by atoms with Crippen LogP contribution in [0, 0.1) is 17.8 Å². The largest absolute Gasteiger partial charge is 0.394 e. The van der Waals surface area contributed by atoms with Gasteiger partial charge in [-0.3, -0.25) is 23.7 Å². The molecule has 3 rings (SSSR count). The Morgan fingerprint density at radius 2 is 0.796 bits per heavy atom. The second-order valence-corrected chi connectivity index (χ2v) is 28.2. The Balaban J connectivity index is 1.56. The predicted octanol–water partition coefficient (Wildman–Crippen LogP) is 3.56. The van der Waals surface area contributed by atoms with Crippen LogP contribution in [0.2, 0.25) is 0 Å². The fraction of sp³-hybridized carbons (Fsp3) is 0.908. The van der Waals surface area contributed by atoms with Crippen LogP contribution in [0.3, 0.4) is 0 Å². The van der Waals surface area contributed by atoms with Crippen LogP contribution in [0.15, 0.2) is 12.3 Å². The van der Waals surface area contributed by atoms with E-state index in [0.29, 0.717) is 96.3 Å². The number of carbonyl (C=O) groups is 4. The minimum atomic E-state index is -3.76. The van der Waals surface area contributed by atoms with Crippen molar-refractivity contribution in [2.75, 3.05) is 92.4 Å². The summed E-state index contributed by atoms with van der Waals surface area (Å²) in [7, 11) is -3.76. The number of aliphatic hydroxyl groups is 9. The van der Waals surface area contributed by atoms with Gasteiger partial charge in [-0.15, -0.1) is 0 Å². The molecule has 7 unspecified atom stereocenters. The molecule has 3 fully saturated rings. The first-order valence-electron chi connectivity index (χ1n) is 34.1. The van der Waals surface area contributed by atoms with Gasteiger partial charge in [0.1, 0.15) is 59.5 Å². The monoisotopic (exact) mass is 1360 g/mol. The Bertz CT molecular complexity index is 1940. The SMILES string of the molecule is C=C(CC(=O)NC(COCCC(=O)CCCCCCCO[C@@H]1OC(CO)[C@H](O)[C@H](O)C1C)(COCCC(=O)CCCCCCCO[C@@H]1OC(CO)[C@H](O)[C@H](O)C1C)COCCC(=O)CCCCCCCO[C@@H]1OC(CO)[C@H](O)[C@H](O)C1C)NCCCOP(=O)(O)C(C)C. The van der Waals surface area contributed by atoms with Gasteiger partial charge >= 0.3 is 7.60 Å². The van der Waals surface area contributed by atoms with Crippen molar-refractivity contribution in [1.82, 2.24) is 10.6 Å². The zero-order valence-corrected chi connectivity index (χ0v) is 57.0. The number of Topliss-reactive ketones (excluding diaryl/α,β-unsaturated/α-hetero) is 3. The second kappa shape index (κ2) is 47.4. The Morgan fingerprint density at radius 3 is 1.12 bits per heavy atom. The molecule has 0 radical (unpaired) electrons. The maximum atomic E-state index is 13.9. The summed E-state index contributed by atoms with van der Waals surface area (Å²) in [4.78, 5) is 63.3. The lowest BCUT2D eigenvalue weighted by molar-refractivity contribution is -0.282. The van der Waals surface area contributed by atoms with E-state index in [0.717, 1.165) is 57.8 Å². The van der Waals surface area contributed by atoms with Gasteiger partial charge in [0.2, 0.25) is 5.91 Å². The summed E-state index contributed by atoms with van der Waals surface area (Å²) >= 11 is 0. The zero-order valence-electron chi connectivity index (χ0n) is 56.2. The average Bonchev–Trinajstić information content (AvgIpc) is 0.905. The van der Waals surface area contributed by atoms with Crippen molar-refractivity contribution in [3.05, 3.63) is 12.3 Å². The summed E-state index contributed by atoms with van der Waals surface area (Å²) < 4.78 is 70.3. The number of aliphatic hydroxyl groups excluding tert-OH is 9. The van der Waals surface area contributed by atoms with Crippen molar-refractivity contribution in [1.29, 1.82) is 0 Å².